The number of ether oxygens (including phenoxy) is 1. The van der Waals surface area contributed by atoms with Gasteiger partial charge < -0.3 is 10.1 Å². The van der Waals surface area contributed by atoms with Crippen molar-refractivity contribution < 1.29 is 9.53 Å². The van der Waals surface area contributed by atoms with Crippen LogP contribution in [0.15, 0.2) is 48.5 Å². The fraction of sp³-hybridized carbons (Fsp3) is 0.286. The van der Waals surface area contributed by atoms with Crippen LogP contribution >= 0.6 is 0 Å². The van der Waals surface area contributed by atoms with E-state index in [1.54, 1.807) is 13.2 Å². The predicted octanol–water partition coefficient (Wildman–Crippen LogP) is 4.59. The number of carbonyl (C=O) groups excluding carboxylic acids is 1. The summed E-state index contributed by atoms with van der Waals surface area (Å²) in [7, 11) is 1.63. The number of amides is 1. The molecule has 24 heavy (non-hydrogen) atoms. The molecule has 0 aliphatic heterocycles. The molecule has 0 aliphatic carbocycles. The van der Waals surface area contributed by atoms with Crippen LogP contribution in [-0.2, 0) is 4.79 Å². The molecular weight excluding hydrogens is 298 g/mol. The highest BCUT2D eigenvalue weighted by molar-refractivity contribution is 5.92. The van der Waals surface area contributed by atoms with E-state index in [4.69, 9.17) is 4.74 Å². The Hall–Kier alpha value is -2.55. The van der Waals surface area contributed by atoms with Crippen molar-refractivity contribution in [2.45, 2.75) is 33.2 Å². The number of methoxy groups -OCH3 is 1. The maximum Gasteiger partial charge on any atom is 0.244 e. The molecule has 0 bridgehead atoms. The number of carbonyl (C=O) groups is 1. The molecule has 2 rings (SSSR count). The van der Waals surface area contributed by atoms with Gasteiger partial charge in [-0.3, -0.25) is 4.79 Å². The van der Waals surface area contributed by atoms with Crippen LogP contribution < -0.4 is 10.1 Å². The molecule has 126 valence electrons. The monoisotopic (exact) mass is 323 g/mol. The first kappa shape index (κ1) is 17.8. The molecule has 1 N–H and O–H groups in total. The zero-order valence-corrected chi connectivity index (χ0v) is 14.8. The minimum absolute atomic E-state index is 0.0253. The topological polar surface area (TPSA) is 38.3 Å². The van der Waals surface area contributed by atoms with Crippen molar-refractivity contribution in [2.75, 3.05) is 7.11 Å². The third kappa shape index (κ3) is 4.72. The molecule has 0 unspecified atom stereocenters. The molecule has 0 aromatic heterocycles. The molecule has 0 spiro atoms. The van der Waals surface area contributed by atoms with E-state index in [2.05, 4.69) is 44.3 Å². The van der Waals surface area contributed by atoms with Crippen LogP contribution in [0.5, 0.6) is 5.75 Å². The number of nitrogens with one attached hydrogen (secondary N) is 1. The number of hydrogen-bond acceptors (Lipinski definition) is 2. The summed E-state index contributed by atoms with van der Waals surface area (Å²) in [6.07, 6.45) is 4.23. The minimum Gasteiger partial charge on any atom is -0.497 e. The highest BCUT2D eigenvalue weighted by atomic mass is 16.5. The molecule has 2 aromatic rings. The lowest BCUT2D eigenvalue weighted by molar-refractivity contribution is -0.117. The summed E-state index contributed by atoms with van der Waals surface area (Å²) < 4.78 is 5.13. The first-order chi connectivity index (χ1) is 11.5. The quantitative estimate of drug-likeness (QED) is 0.789. The molecule has 0 aliphatic rings. The Morgan fingerprint density at radius 2 is 1.83 bits per heavy atom. The standard InChI is InChI=1S/C21H25NO2/c1-5-20(18-10-6-15(2)16(3)14-18)22-21(23)13-9-17-7-11-19(24-4)12-8-17/h6-14,20H,5H2,1-4H3,(H,22,23)/b13-9+/t20-/m1/s1. The van der Waals surface area contributed by atoms with E-state index < -0.39 is 0 Å². The van der Waals surface area contributed by atoms with Gasteiger partial charge in [0.05, 0.1) is 13.2 Å². The lowest BCUT2D eigenvalue weighted by Crippen LogP contribution is -2.26. The van der Waals surface area contributed by atoms with Crippen LogP contribution in [0.3, 0.4) is 0 Å². The van der Waals surface area contributed by atoms with Gasteiger partial charge in [-0.1, -0.05) is 37.3 Å². The lowest BCUT2D eigenvalue weighted by atomic mass is 9.99. The highest BCUT2D eigenvalue weighted by Crippen LogP contribution is 2.20. The maximum atomic E-state index is 12.2. The molecule has 0 heterocycles. The van der Waals surface area contributed by atoms with Crippen LogP contribution in [-0.4, -0.2) is 13.0 Å². The summed E-state index contributed by atoms with van der Waals surface area (Å²) in [5, 5.41) is 3.07. The van der Waals surface area contributed by atoms with Gasteiger partial charge in [0, 0.05) is 6.08 Å². The van der Waals surface area contributed by atoms with E-state index in [0.717, 1.165) is 23.3 Å². The second-order valence-electron chi connectivity index (χ2n) is 5.92. The summed E-state index contributed by atoms with van der Waals surface area (Å²) in [4.78, 5) is 12.2. The van der Waals surface area contributed by atoms with Gasteiger partial charge in [0.25, 0.3) is 0 Å². The van der Waals surface area contributed by atoms with E-state index in [1.165, 1.54) is 11.1 Å². The smallest absolute Gasteiger partial charge is 0.244 e. The van der Waals surface area contributed by atoms with E-state index in [-0.39, 0.29) is 11.9 Å². The largest absolute Gasteiger partial charge is 0.497 e. The molecule has 0 fully saturated rings. The number of rotatable bonds is 6. The van der Waals surface area contributed by atoms with Crippen molar-refractivity contribution >= 4 is 12.0 Å². The highest BCUT2D eigenvalue weighted by Gasteiger charge is 2.11. The second-order valence-corrected chi connectivity index (χ2v) is 5.92. The van der Waals surface area contributed by atoms with Crippen LogP contribution in [0.25, 0.3) is 6.08 Å². The van der Waals surface area contributed by atoms with Crippen LogP contribution in [0.2, 0.25) is 0 Å². The molecule has 3 heteroatoms. The predicted molar refractivity (Wildman–Crippen MR) is 99.1 cm³/mol. The van der Waals surface area contributed by atoms with Crippen LogP contribution in [0, 0.1) is 13.8 Å². The fourth-order valence-electron chi connectivity index (χ4n) is 2.51. The average molecular weight is 323 g/mol. The van der Waals surface area contributed by atoms with Crippen LogP contribution in [0.1, 0.15) is 41.6 Å². The van der Waals surface area contributed by atoms with Gasteiger partial charge in [0.2, 0.25) is 5.91 Å². The van der Waals surface area contributed by atoms with Crippen molar-refractivity contribution in [2.24, 2.45) is 0 Å². The lowest BCUT2D eigenvalue weighted by Gasteiger charge is -2.17. The summed E-state index contributed by atoms with van der Waals surface area (Å²) in [6.45, 7) is 6.26. The third-order valence-corrected chi connectivity index (χ3v) is 4.20. The summed E-state index contributed by atoms with van der Waals surface area (Å²) in [5.41, 5.74) is 4.62. The van der Waals surface area contributed by atoms with Crippen molar-refractivity contribution in [3.8, 4) is 5.75 Å². The molecule has 3 nitrogen and oxygen atoms in total. The van der Waals surface area contributed by atoms with E-state index in [1.807, 2.05) is 30.3 Å². The average Bonchev–Trinajstić information content (AvgIpc) is 2.60. The van der Waals surface area contributed by atoms with Gasteiger partial charge in [0.1, 0.15) is 5.75 Å². The fourth-order valence-corrected chi connectivity index (χ4v) is 2.51. The molecule has 0 radical (unpaired) electrons. The maximum absolute atomic E-state index is 12.2. The van der Waals surface area contributed by atoms with Crippen molar-refractivity contribution in [1.29, 1.82) is 0 Å². The van der Waals surface area contributed by atoms with Gasteiger partial charge in [-0.2, -0.15) is 0 Å². The zero-order chi connectivity index (χ0) is 17.5. The molecule has 2 aromatic carbocycles. The van der Waals surface area contributed by atoms with Crippen molar-refractivity contribution in [1.82, 2.24) is 5.32 Å². The summed E-state index contributed by atoms with van der Waals surface area (Å²) in [6, 6.07) is 14.0. The third-order valence-electron chi connectivity index (χ3n) is 4.20. The Kier molecular flexibility index (Phi) is 6.19. The SMILES string of the molecule is CC[C@@H](NC(=O)/C=C/c1ccc(OC)cc1)c1ccc(C)c(C)c1. The normalized spacial score (nSPS) is 12.2. The van der Waals surface area contributed by atoms with Gasteiger partial charge in [0.15, 0.2) is 0 Å². The van der Waals surface area contributed by atoms with E-state index >= 15 is 0 Å². The van der Waals surface area contributed by atoms with Crippen molar-refractivity contribution in [3.05, 3.63) is 70.8 Å². The zero-order valence-electron chi connectivity index (χ0n) is 14.8. The number of hydrogen-bond donors (Lipinski definition) is 1. The van der Waals surface area contributed by atoms with Crippen molar-refractivity contribution in [3.63, 3.8) is 0 Å². The Labute approximate surface area is 144 Å². The molecule has 1 atom stereocenters. The van der Waals surface area contributed by atoms with Gasteiger partial charge in [-0.15, -0.1) is 0 Å². The number of aryl methyl sites for hydroxylation is 2. The Morgan fingerprint density at radius 1 is 1.12 bits per heavy atom. The Balaban J connectivity index is 2.02. The number of benzene rings is 2. The van der Waals surface area contributed by atoms with Gasteiger partial charge in [-0.25, -0.2) is 0 Å². The first-order valence-electron chi connectivity index (χ1n) is 8.23. The molecule has 1 amide bonds. The van der Waals surface area contributed by atoms with E-state index in [0.29, 0.717) is 0 Å². The van der Waals surface area contributed by atoms with Crippen LogP contribution in [0.4, 0.5) is 0 Å². The molecule has 0 saturated carbocycles. The first-order valence-corrected chi connectivity index (χ1v) is 8.23. The summed E-state index contributed by atoms with van der Waals surface area (Å²) in [5.74, 6) is 0.716. The molecule has 0 saturated heterocycles. The van der Waals surface area contributed by atoms with Gasteiger partial charge >= 0.3 is 0 Å². The summed E-state index contributed by atoms with van der Waals surface area (Å²) >= 11 is 0. The Bertz CT molecular complexity index is 717. The minimum atomic E-state index is -0.0871. The second kappa shape index (κ2) is 8.34. The Morgan fingerprint density at radius 3 is 2.42 bits per heavy atom. The van der Waals surface area contributed by atoms with Gasteiger partial charge in [-0.05, 0) is 60.7 Å². The molecular formula is C21H25NO2. The van der Waals surface area contributed by atoms with E-state index in [9.17, 15) is 4.79 Å².